The largest absolute Gasteiger partial charge is 0.488 e. The lowest BCUT2D eigenvalue weighted by Gasteiger charge is -2.11. The van der Waals surface area contributed by atoms with Gasteiger partial charge < -0.3 is 20.9 Å². The molecule has 0 aliphatic carbocycles. The van der Waals surface area contributed by atoms with E-state index >= 15 is 0 Å². The minimum Gasteiger partial charge on any atom is -0.423 e. The Morgan fingerprint density at radius 3 is 2.12 bits per heavy atom. The number of hydrogen-bond acceptors (Lipinski definition) is 4. The van der Waals surface area contributed by atoms with E-state index in [1.807, 2.05) is 0 Å². The van der Waals surface area contributed by atoms with Crippen LogP contribution in [0.25, 0.3) is 0 Å². The van der Waals surface area contributed by atoms with Crippen molar-refractivity contribution >= 4 is 12.6 Å². The molecular formula is C9H12BF2NO3. The highest BCUT2D eigenvalue weighted by Crippen LogP contribution is 2.12. The summed E-state index contributed by atoms with van der Waals surface area (Å²) < 4.78 is 26.7. The Bertz CT molecular complexity index is 353. The second-order valence-corrected chi connectivity index (χ2v) is 3.48. The highest BCUT2D eigenvalue weighted by Gasteiger charge is 2.19. The predicted molar refractivity (Wildman–Crippen MR) is 54.9 cm³/mol. The van der Waals surface area contributed by atoms with Gasteiger partial charge in [-0.15, -0.1) is 0 Å². The molecule has 0 heterocycles. The van der Waals surface area contributed by atoms with Crippen molar-refractivity contribution in [1.29, 1.82) is 0 Å². The van der Waals surface area contributed by atoms with E-state index in [1.54, 1.807) is 0 Å². The fourth-order valence-corrected chi connectivity index (χ4v) is 1.29. The Labute approximate surface area is 91.5 Å². The van der Waals surface area contributed by atoms with Crippen molar-refractivity contribution in [2.24, 2.45) is 5.73 Å². The molecule has 4 nitrogen and oxygen atoms in total. The van der Waals surface area contributed by atoms with Gasteiger partial charge in [0.15, 0.2) is 0 Å². The molecule has 0 saturated heterocycles. The van der Waals surface area contributed by atoms with Crippen LogP contribution in [-0.2, 0) is 6.42 Å². The summed E-state index contributed by atoms with van der Waals surface area (Å²) in [5.74, 6) is -1.82. The van der Waals surface area contributed by atoms with Crippen LogP contribution in [0.15, 0.2) is 12.1 Å². The fourth-order valence-electron chi connectivity index (χ4n) is 1.29. The number of halogens is 2. The summed E-state index contributed by atoms with van der Waals surface area (Å²) in [6, 6.07) is 0.897. The molecule has 1 rings (SSSR count). The van der Waals surface area contributed by atoms with E-state index in [-0.39, 0.29) is 24.1 Å². The van der Waals surface area contributed by atoms with Crippen molar-refractivity contribution in [3.05, 3.63) is 29.3 Å². The third kappa shape index (κ3) is 2.99. The molecule has 0 bridgehead atoms. The second-order valence-electron chi connectivity index (χ2n) is 3.48. The molecule has 0 spiro atoms. The second kappa shape index (κ2) is 5.35. The maximum absolute atomic E-state index is 13.4. The van der Waals surface area contributed by atoms with Gasteiger partial charge in [-0.05, 0) is 24.0 Å². The maximum Gasteiger partial charge on any atom is 0.488 e. The minimum absolute atomic E-state index is 0.157. The Morgan fingerprint density at radius 1 is 1.25 bits per heavy atom. The van der Waals surface area contributed by atoms with Crippen molar-refractivity contribution in [2.75, 3.05) is 6.61 Å². The van der Waals surface area contributed by atoms with Gasteiger partial charge in [0, 0.05) is 11.6 Å². The zero-order chi connectivity index (χ0) is 12.3. The van der Waals surface area contributed by atoms with Crippen LogP contribution in [0.3, 0.4) is 0 Å². The summed E-state index contributed by atoms with van der Waals surface area (Å²) in [4.78, 5) is 0. The van der Waals surface area contributed by atoms with Crippen LogP contribution in [-0.4, -0.2) is 34.9 Å². The Balaban J connectivity index is 3.03. The van der Waals surface area contributed by atoms with Crippen LogP contribution in [0.1, 0.15) is 5.56 Å². The molecule has 1 atom stereocenters. The summed E-state index contributed by atoms with van der Waals surface area (Å²) >= 11 is 0. The first-order valence-electron chi connectivity index (χ1n) is 4.66. The molecule has 1 aromatic carbocycles. The summed E-state index contributed by atoms with van der Waals surface area (Å²) in [5.41, 5.74) is 4.82. The van der Waals surface area contributed by atoms with Crippen molar-refractivity contribution in [3.8, 4) is 0 Å². The first kappa shape index (κ1) is 13.1. The van der Waals surface area contributed by atoms with Gasteiger partial charge in [-0.25, -0.2) is 8.78 Å². The lowest BCUT2D eigenvalue weighted by molar-refractivity contribution is 0.263. The molecule has 0 aromatic heterocycles. The molecule has 1 aromatic rings. The average Bonchev–Trinajstić information content (AvgIpc) is 2.22. The van der Waals surface area contributed by atoms with Gasteiger partial charge in [-0.3, -0.25) is 0 Å². The summed E-state index contributed by atoms with van der Waals surface area (Å²) in [6.45, 7) is -0.386. The predicted octanol–water partition coefficient (Wildman–Crippen LogP) is -1.49. The van der Waals surface area contributed by atoms with Crippen LogP contribution >= 0.6 is 0 Å². The van der Waals surface area contributed by atoms with Crippen LogP contribution in [0.5, 0.6) is 0 Å². The summed E-state index contributed by atoms with van der Waals surface area (Å²) in [7, 11) is -1.93. The van der Waals surface area contributed by atoms with Crippen LogP contribution in [0, 0.1) is 11.6 Å². The molecule has 16 heavy (non-hydrogen) atoms. The maximum atomic E-state index is 13.4. The number of nitrogens with two attached hydrogens (primary N) is 1. The third-order valence-electron chi connectivity index (χ3n) is 2.16. The van der Waals surface area contributed by atoms with Crippen LogP contribution < -0.4 is 11.2 Å². The van der Waals surface area contributed by atoms with Gasteiger partial charge in [-0.1, -0.05) is 0 Å². The smallest absolute Gasteiger partial charge is 0.423 e. The molecule has 5 N–H and O–H groups in total. The quantitative estimate of drug-likeness (QED) is 0.475. The van der Waals surface area contributed by atoms with E-state index in [0.717, 1.165) is 12.1 Å². The summed E-state index contributed by atoms with van der Waals surface area (Å²) in [6.07, 6.45) is -0.157. The molecule has 0 saturated carbocycles. The number of benzene rings is 1. The molecule has 88 valence electrons. The lowest BCUT2D eigenvalue weighted by atomic mass is 9.79. The molecule has 0 fully saturated rings. The van der Waals surface area contributed by atoms with Crippen molar-refractivity contribution < 1.29 is 23.9 Å². The number of aliphatic hydroxyl groups is 1. The first-order valence-corrected chi connectivity index (χ1v) is 4.66. The van der Waals surface area contributed by atoms with Gasteiger partial charge in [0.25, 0.3) is 0 Å². The molecule has 0 aliphatic rings. The molecule has 0 unspecified atom stereocenters. The van der Waals surface area contributed by atoms with E-state index < -0.39 is 24.8 Å². The highest BCUT2D eigenvalue weighted by molar-refractivity contribution is 6.58. The van der Waals surface area contributed by atoms with E-state index in [4.69, 9.17) is 20.9 Å². The number of hydrogen-bond donors (Lipinski definition) is 4. The molecule has 0 radical (unpaired) electrons. The van der Waals surface area contributed by atoms with E-state index in [9.17, 15) is 8.78 Å². The highest BCUT2D eigenvalue weighted by atomic mass is 19.1. The molecule has 0 amide bonds. The Kier molecular flexibility index (Phi) is 4.37. The first-order chi connectivity index (χ1) is 7.45. The summed E-state index contributed by atoms with van der Waals surface area (Å²) in [5, 5.41) is 26.2. The lowest BCUT2D eigenvalue weighted by Crippen LogP contribution is -2.32. The zero-order valence-corrected chi connectivity index (χ0v) is 8.40. The Morgan fingerprint density at radius 2 is 1.75 bits per heavy atom. The van der Waals surface area contributed by atoms with Crippen LogP contribution in [0.2, 0.25) is 0 Å². The Hall–Kier alpha value is -1.02. The topological polar surface area (TPSA) is 86.7 Å². The van der Waals surface area contributed by atoms with E-state index in [0.29, 0.717) is 0 Å². The molecular weight excluding hydrogens is 219 g/mol. The SMILES string of the molecule is N[C@H](CO)Cc1c(F)cc(B(O)O)cc1F. The van der Waals surface area contributed by atoms with E-state index in [1.165, 1.54) is 0 Å². The normalized spacial score (nSPS) is 12.6. The van der Waals surface area contributed by atoms with Gasteiger partial charge in [0.05, 0.1) is 6.61 Å². The number of aliphatic hydroxyl groups excluding tert-OH is 1. The fraction of sp³-hybridized carbons (Fsp3) is 0.333. The number of rotatable bonds is 4. The zero-order valence-electron chi connectivity index (χ0n) is 8.40. The van der Waals surface area contributed by atoms with E-state index in [2.05, 4.69) is 0 Å². The van der Waals surface area contributed by atoms with Crippen molar-refractivity contribution in [3.63, 3.8) is 0 Å². The molecule has 7 heteroatoms. The average molecular weight is 231 g/mol. The minimum atomic E-state index is -1.93. The van der Waals surface area contributed by atoms with Crippen molar-refractivity contribution in [2.45, 2.75) is 12.5 Å². The van der Waals surface area contributed by atoms with Crippen LogP contribution in [0.4, 0.5) is 8.78 Å². The van der Waals surface area contributed by atoms with Crippen molar-refractivity contribution in [1.82, 2.24) is 0 Å². The molecule has 0 aliphatic heterocycles. The van der Waals surface area contributed by atoms with Gasteiger partial charge >= 0.3 is 7.12 Å². The van der Waals surface area contributed by atoms with Gasteiger partial charge in [0.2, 0.25) is 0 Å². The van der Waals surface area contributed by atoms with Gasteiger partial charge in [-0.2, -0.15) is 0 Å². The third-order valence-corrected chi connectivity index (χ3v) is 2.16. The monoisotopic (exact) mass is 231 g/mol. The van der Waals surface area contributed by atoms with Gasteiger partial charge in [0.1, 0.15) is 11.6 Å². The standard InChI is InChI=1S/C9H12BF2NO3/c11-8-1-5(10(15)16)2-9(12)7(8)3-6(13)4-14/h1-2,6,14-16H,3-4,13H2/t6-/m0/s1.